The summed E-state index contributed by atoms with van der Waals surface area (Å²) in [5.74, 6) is 1.22. The second-order valence-corrected chi connectivity index (χ2v) is 7.28. The third-order valence-electron chi connectivity index (χ3n) is 4.98. The molecule has 0 spiro atoms. The third kappa shape index (κ3) is 4.84. The molecule has 2 heterocycles. The number of guanidine groups is 1. The van der Waals surface area contributed by atoms with Crippen molar-refractivity contribution in [2.75, 3.05) is 60.0 Å². The Hall–Kier alpha value is -1.83. The third-order valence-corrected chi connectivity index (χ3v) is 4.98. The first kappa shape index (κ1) is 18.0. The van der Waals surface area contributed by atoms with Crippen LogP contribution in [0.3, 0.4) is 0 Å². The fourth-order valence-corrected chi connectivity index (χ4v) is 3.17. The van der Waals surface area contributed by atoms with E-state index in [9.17, 15) is 9.59 Å². The van der Waals surface area contributed by atoms with E-state index in [0.29, 0.717) is 24.5 Å². The number of rotatable bonds is 5. The molecule has 1 unspecified atom stereocenters. The Balaban J connectivity index is 1.60. The molecule has 0 aromatic carbocycles. The van der Waals surface area contributed by atoms with Crippen molar-refractivity contribution < 1.29 is 14.3 Å². The first-order chi connectivity index (χ1) is 12.0. The van der Waals surface area contributed by atoms with Crippen LogP contribution in [0.1, 0.15) is 19.3 Å². The summed E-state index contributed by atoms with van der Waals surface area (Å²) < 4.78 is 5.41. The number of carbonyl (C=O) groups is 2. The van der Waals surface area contributed by atoms with Crippen LogP contribution in [0.25, 0.3) is 0 Å². The van der Waals surface area contributed by atoms with Crippen molar-refractivity contribution in [2.24, 2.45) is 10.9 Å². The standard InChI is InChI=1S/C17H29N5O3/c1-20(2)15(23)10-19-17(18-9-13-5-8-25-12-13)21-6-7-22(14-3-4-14)16(24)11-21/h13-14H,3-12H2,1-2H3,(H,18,19). The molecule has 8 heteroatoms. The molecule has 1 atom stereocenters. The zero-order chi connectivity index (χ0) is 17.8. The van der Waals surface area contributed by atoms with E-state index < -0.39 is 0 Å². The van der Waals surface area contributed by atoms with Gasteiger partial charge in [0.1, 0.15) is 6.54 Å². The van der Waals surface area contributed by atoms with Gasteiger partial charge in [-0.05, 0) is 19.3 Å². The Morgan fingerprint density at radius 3 is 2.72 bits per heavy atom. The van der Waals surface area contributed by atoms with E-state index in [1.54, 1.807) is 14.1 Å². The normalized spacial score (nSPS) is 24.6. The molecular weight excluding hydrogens is 322 g/mol. The van der Waals surface area contributed by atoms with Crippen LogP contribution >= 0.6 is 0 Å². The van der Waals surface area contributed by atoms with Gasteiger partial charge in [-0.15, -0.1) is 0 Å². The van der Waals surface area contributed by atoms with Crippen molar-refractivity contribution in [3.05, 3.63) is 0 Å². The summed E-state index contributed by atoms with van der Waals surface area (Å²) in [6.45, 7) is 4.23. The molecule has 1 aliphatic carbocycles. The summed E-state index contributed by atoms with van der Waals surface area (Å²) in [5.41, 5.74) is 0. The first-order valence-electron chi connectivity index (χ1n) is 9.15. The molecule has 0 radical (unpaired) electrons. The summed E-state index contributed by atoms with van der Waals surface area (Å²) in [5, 5.41) is 3.36. The fraction of sp³-hybridized carbons (Fsp3) is 0.824. The SMILES string of the molecule is CN(C)C(=O)CN=C(NCC1CCOC1)N1CCN(C2CC2)C(=O)C1. The molecule has 2 saturated heterocycles. The van der Waals surface area contributed by atoms with Gasteiger partial charge < -0.3 is 24.8 Å². The summed E-state index contributed by atoms with van der Waals surface area (Å²) >= 11 is 0. The lowest BCUT2D eigenvalue weighted by Gasteiger charge is -2.36. The van der Waals surface area contributed by atoms with Crippen molar-refractivity contribution >= 4 is 17.8 Å². The van der Waals surface area contributed by atoms with E-state index in [-0.39, 0.29) is 18.4 Å². The Kier molecular flexibility index (Phi) is 5.78. The number of carbonyl (C=O) groups excluding carboxylic acids is 2. The number of hydrogen-bond acceptors (Lipinski definition) is 4. The summed E-state index contributed by atoms with van der Waals surface area (Å²) in [6.07, 6.45) is 3.29. The van der Waals surface area contributed by atoms with Gasteiger partial charge in [0.15, 0.2) is 5.96 Å². The maximum Gasteiger partial charge on any atom is 0.243 e. The first-order valence-corrected chi connectivity index (χ1v) is 9.15. The molecule has 3 rings (SSSR count). The van der Waals surface area contributed by atoms with Gasteiger partial charge in [0.05, 0.1) is 13.2 Å². The van der Waals surface area contributed by atoms with Crippen molar-refractivity contribution in [3.8, 4) is 0 Å². The minimum absolute atomic E-state index is 0.0496. The van der Waals surface area contributed by atoms with Crippen LogP contribution in [0.5, 0.6) is 0 Å². The molecule has 0 bridgehead atoms. The van der Waals surface area contributed by atoms with Gasteiger partial charge in [-0.25, -0.2) is 4.99 Å². The number of nitrogens with zero attached hydrogens (tertiary/aromatic N) is 4. The molecule has 140 valence electrons. The molecule has 25 heavy (non-hydrogen) atoms. The Morgan fingerprint density at radius 2 is 2.12 bits per heavy atom. The number of nitrogens with one attached hydrogen (secondary N) is 1. The highest BCUT2D eigenvalue weighted by Gasteiger charge is 2.36. The minimum Gasteiger partial charge on any atom is -0.381 e. The van der Waals surface area contributed by atoms with E-state index in [0.717, 1.165) is 52.1 Å². The molecule has 1 saturated carbocycles. The lowest BCUT2D eigenvalue weighted by atomic mass is 10.1. The number of likely N-dealkylation sites (N-methyl/N-ethyl adjacent to an activating group) is 1. The van der Waals surface area contributed by atoms with Crippen LogP contribution in [0.2, 0.25) is 0 Å². The Morgan fingerprint density at radius 1 is 1.32 bits per heavy atom. The number of piperazine rings is 1. The smallest absolute Gasteiger partial charge is 0.243 e. The summed E-state index contributed by atoms with van der Waals surface area (Å²) in [7, 11) is 3.44. The lowest BCUT2D eigenvalue weighted by Crippen LogP contribution is -2.56. The molecule has 1 N–H and O–H groups in total. The van der Waals surface area contributed by atoms with Crippen LogP contribution in [-0.4, -0.2) is 98.5 Å². The fourth-order valence-electron chi connectivity index (χ4n) is 3.17. The molecule has 3 fully saturated rings. The molecule has 2 aliphatic heterocycles. The summed E-state index contributed by atoms with van der Waals surface area (Å²) in [6, 6.07) is 0.453. The van der Waals surface area contributed by atoms with Gasteiger partial charge in [-0.1, -0.05) is 0 Å². The zero-order valence-electron chi connectivity index (χ0n) is 15.2. The lowest BCUT2D eigenvalue weighted by molar-refractivity contribution is -0.135. The number of aliphatic imine (C=N–C) groups is 1. The molecule has 3 aliphatic rings. The molecule has 2 amide bonds. The van der Waals surface area contributed by atoms with Crippen molar-refractivity contribution in [1.29, 1.82) is 0 Å². The highest BCUT2D eigenvalue weighted by atomic mass is 16.5. The minimum atomic E-state index is -0.0496. The van der Waals surface area contributed by atoms with Crippen LogP contribution in [0.4, 0.5) is 0 Å². The number of ether oxygens (including phenoxy) is 1. The van der Waals surface area contributed by atoms with E-state index in [4.69, 9.17) is 4.74 Å². The van der Waals surface area contributed by atoms with Crippen LogP contribution in [0.15, 0.2) is 4.99 Å². The molecule has 8 nitrogen and oxygen atoms in total. The van der Waals surface area contributed by atoms with Crippen LogP contribution in [0, 0.1) is 5.92 Å². The van der Waals surface area contributed by atoms with Crippen LogP contribution in [-0.2, 0) is 14.3 Å². The van der Waals surface area contributed by atoms with E-state index in [1.165, 1.54) is 4.90 Å². The van der Waals surface area contributed by atoms with Crippen LogP contribution < -0.4 is 5.32 Å². The average Bonchev–Trinajstić information content (AvgIpc) is 3.29. The van der Waals surface area contributed by atoms with E-state index in [1.807, 2.05) is 9.80 Å². The van der Waals surface area contributed by atoms with E-state index in [2.05, 4.69) is 10.3 Å². The maximum absolute atomic E-state index is 12.4. The van der Waals surface area contributed by atoms with Crippen molar-refractivity contribution in [2.45, 2.75) is 25.3 Å². The second-order valence-electron chi connectivity index (χ2n) is 7.28. The highest BCUT2D eigenvalue weighted by Crippen LogP contribution is 2.28. The topological polar surface area (TPSA) is 77.5 Å². The van der Waals surface area contributed by atoms with E-state index >= 15 is 0 Å². The highest BCUT2D eigenvalue weighted by molar-refractivity contribution is 5.89. The maximum atomic E-state index is 12.4. The van der Waals surface area contributed by atoms with Gasteiger partial charge in [-0.3, -0.25) is 9.59 Å². The van der Waals surface area contributed by atoms with Crippen molar-refractivity contribution in [1.82, 2.24) is 20.0 Å². The number of amides is 2. The largest absolute Gasteiger partial charge is 0.381 e. The molecule has 0 aromatic rings. The molecular formula is C17H29N5O3. The predicted octanol–water partition coefficient (Wildman–Crippen LogP) is -0.637. The second kappa shape index (κ2) is 8.03. The van der Waals surface area contributed by atoms with Gasteiger partial charge in [0, 0.05) is 52.3 Å². The quantitative estimate of drug-likeness (QED) is 0.527. The Bertz CT molecular complexity index is 526. The summed E-state index contributed by atoms with van der Waals surface area (Å²) in [4.78, 5) is 34.3. The predicted molar refractivity (Wildman–Crippen MR) is 94.2 cm³/mol. The van der Waals surface area contributed by atoms with Gasteiger partial charge in [0.25, 0.3) is 0 Å². The average molecular weight is 351 g/mol. The Labute approximate surface area is 149 Å². The number of hydrogen-bond donors (Lipinski definition) is 1. The van der Waals surface area contributed by atoms with Gasteiger partial charge in [-0.2, -0.15) is 0 Å². The molecule has 0 aromatic heterocycles. The van der Waals surface area contributed by atoms with Gasteiger partial charge >= 0.3 is 0 Å². The van der Waals surface area contributed by atoms with Crippen molar-refractivity contribution in [3.63, 3.8) is 0 Å². The monoisotopic (exact) mass is 351 g/mol. The van der Waals surface area contributed by atoms with Gasteiger partial charge in [0.2, 0.25) is 11.8 Å². The zero-order valence-corrected chi connectivity index (χ0v) is 15.2.